The molecular formula is C40H36O. The van der Waals surface area contributed by atoms with Gasteiger partial charge in [0, 0.05) is 11.5 Å². The van der Waals surface area contributed by atoms with Crippen LogP contribution in [0.15, 0.2) is 102 Å². The predicted octanol–water partition coefficient (Wildman–Crippen LogP) is 9.07. The molecular weight excluding hydrogens is 496 g/mol. The maximum atomic E-state index is 12.6. The standard InChI is InChI=1S/C20H18O.C20H18/c1-13-9-14-6-4-7-16(19(14)10-13)12-17-11-15-5-2-3-8-18(15)20(17)21;1-14-9-18-7-4-8-19(20(18)10-14)13-15-11-16-5-2-3-6-17(16)12-15/h2-8,10,17H,9,11-12H2,1H3;2-8,10-11H,9,12-13H2,1H3. The van der Waals surface area contributed by atoms with Gasteiger partial charge in [-0.25, -0.2) is 0 Å². The fraction of sp³-hybridized carbons (Fsp3) is 0.225. The van der Waals surface area contributed by atoms with E-state index in [0.717, 1.165) is 44.1 Å². The van der Waals surface area contributed by atoms with Gasteiger partial charge in [-0.05, 0) is 102 Å². The summed E-state index contributed by atoms with van der Waals surface area (Å²) < 4.78 is 0. The van der Waals surface area contributed by atoms with Gasteiger partial charge in [0.05, 0.1) is 0 Å². The first-order valence-electron chi connectivity index (χ1n) is 15.0. The fourth-order valence-corrected chi connectivity index (χ4v) is 7.20. The van der Waals surface area contributed by atoms with Gasteiger partial charge in [0.1, 0.15) is 0 Å². The lowest BCUT2D eigenvalue weighted by Crippen LogP contribution is -2.13. The number of benzene rings is 4. The van der Waals surface area contributed by atoms with E-state index in [2.05, 4.69) is 98.8 Å². The quantitative estimate of drug-likeness (QED) is 0.256. The molecule has 0 saturated heterocycles. The van der Waals surface area contributed by atoms with Crippen LogP contribution in [0.2, 0.25) is 0 Å². The zero-order chi connectivity index (χ0) is 27.9. The molecule has 4 aliphatic carbocycles. The maximum Gasteiger partial charge on any atom is 0.166 e. The predicted molar refractivity (Wildman–Crippen MR) is 171 cm³/mol. The fourth-order valence-electron chi connectivity index (χ4n) is 7.20. The Hall–Kier alpha value is -4.23. The summed E-state index contributed by atoms with van der Waals surface area (Å²) in [4.78, 5) is 12.6. The molecule has 0 bridgehead atoms. The van der Waals surface area contributed by atoms with Crippen LogP contribution in [0, 0.1) is 5.92 Å². The summed E-state index contributed by atoms with van der Waals surface area (Å²) >= 11 is 0. The number of carbonyl (C=O) groups excluding carboxylic acids is 1. The van der Waals surface area contributed by atoms with Gasteiger partial charge >= 0.3 is 0 Å². The van der Waals surface area contributed by atoms with E-state index in [1.165, 1.54) is 66.8 Å². The van der Waals surface area contributed by atoms with Crippen molar-refractivity contribution in [2.24, 2.45) is 5.92 Å². The number of Topliss-reactive ketones (excluding diaryl/α,β-unsaturated/α-hetero) is 1. The molecule has 0 aliphatic heterocycles. The Morgan fingerprint density at radius 1 is 0.610 bits per heavy atom. The van der Waals surface area contributed by atoms with Crippen molar-refractivity contribution in [3.8, 4) is 0 Å². The highest BCUT2D eigenvalue weighted by Gasteiger charge is 2.31. The molecule has 41 heavy (non-hydrogen) atoms. The summed E-state index contributed by atoms with van der Waals surface area (Å²) in [6.45, 7) is 4.41. The third kappa shape index (κ3) is 5.06. The number of carbonyl (C=O) groups is 1. The van der Waals surface area contributed by atoms with E-state index >= 15 is 0 Å². The van der Waals surface area contributed by atoms with Crippen LogP contribution in [0.4, 0.5) is 0 Å². The van der Waals surface area contributed by atoms with Gasteiger partial charge in [-0.3, -0.25) is 4.79 Å². The lowest BCUT2D eigenvalue weighted by atomic mass is 9.91. The average molecular weight is 533 g/mol. The van der Waals surface area contributed by atoms with Gasteiger partial charge in [-0.1, -0.05) is 120 Å². The molecule has 0 spiro atoms. The van der Waals surface area contributed by atoms with Crippen LogP contribution in [0.25, 0.3) is 18.2 Å². The highest BCUT2D eigenvalue weighted by Crippen LogP contribution is 2.34. The van der Waals surface area contributed by atoms with Crippen molar-refractivity contribution in [3.05, 3.63) is 157 Å². The Morgan fingerprint density at radius 2 is 1.22 bits per heavy atom. The molecule has 0 saturated carbocycles. The number of rotatable bonds is 4. The molecule has 0 radical (unpaired) electrons. The second kappa shape index (κ2) is 10.6. The van der Waals surface area contributed by atoms with Gasteiger partial charge in [-0.2, -0.15) is 0 Å². The van der Waals surface area contributed by atoms with Crippen molar-refractivity contribution in [3.63, 3.8) is 0 Å². The van der Waals surface area contributed by atoms with Crippen LogP contribution in [0.3, 0.4) is 0 Å². The van der Waals surface area contributed by atoms with Crippen molar-refractivity contribution in [2.75, 3.05) is 0 Å². The second-order valence-corrected chi connectivity index (χ2v) is 12.3. The summed E-state index contributed by atoms with van der Waals surface area (Å²) in [6.07, 6.45) is 13.2. The van der Waals surface area contributed by atoms with Crippen molar-refractivity contribution in [1.29, 1.82) is 0 Å². The van der Waals surface area contributed by atoms with E-state index in [1.54, 1.807) is 0 Å². The van der Waals surface area contributed by atoms with Gasteiger partial charge < -0.3 is 0 Å². The van der Waals surface area contributed by atoms with Crippen molar-refractivity contribution in [1.82, 2.24) is 0 Å². The molecule has 4 aromatic carbocycles. The molecule has 1 nitrogen and oxygen atoms in total. The molecule has 202 valence electrons. The number of hydrogen-bond acceptors (Lipinski definition) is 1. The molecule has 0 aromatic heterocycles. The normalized spacial score (nSPS) is 17.6. The highest BCUT2D eigenvalue weighted by molar-refractivity contribution is 6.02. The zero-order valence-corrected chi connectivity index (χ0v) is 24.0. The number of allylic oxidation sites excluding steroid dienone is 3. The third-order valence-electron chi connectivity index (χ3n) is 9.13. The number of fused-ring (bicyclic) bond motifs is 4. The van der Waals surface area contributed by atoms with Crippen LogP contribution in [-0.4, -0.2) is 5.78 Å². The van der Waals surface area contributed by atoms with Gasteiger partial charge in [0.2, 0.25) is 0 Å². The van der Waals surface area contributed by atoms with Crippen LogP contribution in [-0.2, 0) is 38.5 Å². The molecule has 4 aliphatic rings. The van der Waals surface area contributed by atoms with E-state index in [-0.39, 0.29) is 5.92 Å². The first-order valence-corrected chi connectivity index (χ1v) is 15.0. The van der Waals surface area contributed by atoms with E-state index in [0.29, 0.717) is 5.78 Å². The molecule has 4 aromatic rings. The smallest absolute Gasteiger partial charge is 0.166 e. The molecule has 0 N–H and O–H groups in total. The van der Waals surface area contributed by atoms with Gasteiger partial charge in [0.15, 0.2) is 5.78 Å². The maximum absolute atomic E-state index is 12.6. The summed E-state index contributed by atoms with van der Waals surface area (Å²) in [5, 5.41) is 0. The Bertz CT molecular complexity index is 1780. The number of ketones is 1. The first kappa shape index (κ1) is 25.7. The van der Waals surface area contributed by atoms with E-state index < -0.39 is 0 Å². The molecule has 1 heteroatoms. The Kier molecular flexibility index (Phi) is 6.67. The van der Waals surface area contributed by atoms with Crippen LogP contribution < -0.4 is 0 Å². The molecule has 1 unspecified atom stereocenters. The minimum Gasteiger partial charge on any atom is -0.294 e. The van der Waals surface area contributed by atoms with E-state index in [9.17, 15) is 4.79 Å². The minimum absolute atomic E-state index is 0.114. The monoisotopic (exact) mass is 532 g/mol. The van der Waals surface area contributed by atoms with Gasteiger partial charge in [0.25, 0.3) is 0 Å². The van der Waals surface area contributed by atoms with Crippen LogP contribution in [0.5, 0.6) is 0 Å². The van der Waals surface area contributed by atoms with Crippen molar-refractivity contribution in [2.45, 2.75) is 52.4 Å². The van der Waals surface area contributed by atoms with Crippen molar-refractivity contribution >= 4 is 24.0 Å². The first-order chi connectivity index (χ1) is 20.0. The van der Waals surface area contributed by atoms with Gasteiger partial charge in [-0.15, -0.1) is 0 Å². The van der Waals surface area contributed by atoms with Crippen LogP contribution in [0.1, 0.15) is 74.3 Å². The molecule has 0 fully saturated rings. The minimum atomic E-state index is 0.114. The van der Waals surface area contributed by atoms with E-state index in [4.69, 9.17) is 0 Å². The lowest BCUT2D eigenvalue weighted by Gasteiger charge is -2.11. The molecule has 1 atom stereocenters. The Labute approximate surface area is 244 Å². The van der Waals surface area contributed by atoms with E-state index in [1.807, 2.05) is 18.2 Å². The summed E-state index contributed by atoms with van der Waals surface area (Å²) in [7, 11) is 0. The molecule has 0 amide bonds. The summed E-state index contributed by atoms with van der Waals surface area (Å²) in [5.74, 6) is 0.435. The third-order valence-corrected chi connectivity index (χ3v) is 9.13. The molecule has 8 rings (SSSR count). The highest BCUT2D eigenvalue weighted by atomic mass is 16.1. The Balaban J connectivity index is 0.000000135. The SMILES string of the molecule is CC1=Cc2c(cccc2CC2=Cc3ccccc3C2)C1.CC1=Cc2c(cccc2CC2Cc3ccccc3C2=O)C1. The summed E-state index contributed by atoms with van der Waals surface area (Å²) in [5.41, 5.74) is 18.0. The van der Waals surface area contributed by atoms with Crippen LogP contribution >= 0.6 is 0 Å². The number of hydrogen-bond donors (Lipinski definition) is 0. The topological polar surface area (TPSA) is 17.1 Å². The summed E-state index contributed by atoms with van der Waals surface area (Å²) in [6, 6.07) is 30.1. The lowest BCUT2D eigenvalue weighted by molar-refractivity contribution is 0.0936. The van der Waals surface area contributed by atoms with Crippen molar-refractivity contribution < 1.29 is 4.79 Å². The molecule has 0 heterocycles. The average Bonchev–Trinajstić information content (AvgIpc) is 3.73. The Morgan fingerprint density at radius 3 is 1.93 bits per heavy atom. The largest absolute Gasteiger partial charge is 0.294 e. The second-order valence-electron chi connectivity index (χ2n) is 12.3. The zero-order valence-electron chi connectivity index (χ0n) is 24.0.